The van der Waals surface area contributed by atoms with E-state index in [2.05, 4.69) is 15.1 Å². The molecule has 0 bridgehead atoms. The average Bonchev–Trinajstić information content (AvgIpc) is 3.41. The van der Waals surface area contributed by atoms with Gasteiger partial charge in [0.15, 0.2) is 17.3 Å². The van der Waals surface area contributed by atoms with E-state index in [1.807, 2.05) is 6.07 Å². The molecule has 2 aliphatic heterocycles. The third kappa shape index (κ3) is 3.26. The summed E-state index contributed by atoms with van der Waals surface area (Å²) in [5.41, 5.74) is 0.346. The molecule has 2 aromatic heterocycles. The number of hydrogen-bond acceptors (Lipinski definition) is 6. The maximum Gasteiger partial charge on any atom is 0.289 e. The maximum atomic E-state index is 12.6. The zero-order chi connectivity index (χ0) is 17.9. The monoisotopic (exact) mass is 355 g/mol. The predicted molar refractivity (Wildman–Crippen MR) is 94.0 cm³/mol. The highest BCUT2D eigenvalue weighted by Crippen LogP contribution is 2.17. The van der Waals surface area contributed by atoms with Crippen LogP contribution in [0.15, 0.2) is 34.9 Å². The van der Waals surface area contributed by atoms with Crippen molar-refractivity contribution >= 4 is 17.6 Å². The first-order valence-corrected chi connectivity index (χ1v) is 8.93. The summed E-state index contributed by atoms with van der Waals surface area (Å²) in [5.74, 6) is 0.869. The Labute approximate surface area is 151 Å². The van der Waals surface area contributed by atoms with Gasteiger partial charge >= 0.3 is 0 Å². The Balaban J connectivity index is 1.35. The van der Waals surface area contributed by atoms with Crippen LogP contribution in [0.2, 0.25) is 0 Å². The second-order valence-electron chi connectivity index (χ2n) is 6.53. The third-order valence-electron chi connectivity index (χ3n) is 4.89. The standard InChI is InChI=1S/C18H21N5O3/c24-17(14-5-6-16(20-19-14)21-7-1-2-8-21)22-9-11-23(12-10-22)18(25)15-4-3-13-26-15/h3-6,13H,1-2,7-12H2. The highest BCUT2D eigenvalue weighted by atomic mass is 16.3. The Morgan fingerprint density at radius 3 is 2.12 bits per heavy atom. The van der Waals surface area contributed by atoms with Gasteiger partial charge in [-0.2, -0.15) is 0 Å². The number of rotatable bonds is 3. The van der Waals surface area contributed by atoms with Gasteiger partial charge in [-0.1, -0.05) is 0 Å². The predicted octanol–water partition coefficient (Wildman–Crippen LogP) is 1.27. The molecule has 2 fully saturated rings. The Morgan fingerprint density at radius 1 is 0.846 bits per heavy atom. The van der Waals surface area contributed by atoms with E-state index in [1.54, 1.807) is 28.0 Å². The van der Waals surface area contributed by atoms with Gasteiger partial charge in [0, 0.05) is 39.3 Å². The van der Waals surface area contributed by atoms with Crippen LogP contribution in [0.4, 0.5) is 5.82 Å². The largest absolute Gasteiger partial charge is 0.459 e. The molecule has 2 saturated heterocycles. The Bertz CT molecular complexity index is 761. The summed E-state index contributed by atoms with van der Waals surface area (Å²) in [6.45, 7) is 3.89. The molecule has 0 radical (unpaired) electrons. The summed E-state index contributed by atoms with van der Waals surface area (Å²) in [6, 6.07) is 6.94. The highest BCUT2D eigenvalue weighted by Gasteiger charge is 2.27. The molecule has 8 nitrogen and oxygen atoms in total. The minimum absolute atomic E-state index is 0.142. The number of hydrogen-bond donors (Lipinski definition) is 0. The smallest absolute Gasteiger partial charge is 0.289 e. The van der Waals surface area contributed by atoms with Gasteiger partial charge < -0.3 is 19.1 Å². The molecule has 136 valence electrons. The molecule has 0 unspecified atom stereocenters. The van der Waals surface area contributed by atoms with Gasteiger partial charge in [-0.15, -0.1) is 10.2 Å². The second-order valence-corrected chi connectivity index (χ2v) is 6.53. The van der Waals surface area contributed by atoms with Crippen molar-refractivity contribution in [3.63, 3.8) is 0 Å². The van der Waals surface area contributed by atoms with Crippen LogP contribution in [0.5, 0.6) is 0 Å². The molecule has 8 heteroatoms. The van der Waals surface area contributed by atoms with Crippen LogP contribution in [0, 0.1) is 0 Å². The van der Waals surface area contributed by atoms with E-state index >= 15 is 0 Å². The van der Waals surface area contributed by atoms with Crippen LogP contribution in [0.1, 0.15) is 33.9 Å². The lowest BCUT2D eigenvalue weighted by atomic mass is 10.2. The molecule has 0 aliphatic carbocycles. The molecule has 0 saturated carbocycles. The number of aromatic nitrogens is 2. The van der Waals surface area contributed by atoms with E-state index in [4.69, 9.17) is 4.42 Å². The highest BCUT2D eigenvalue weighted by molar-refractivity contribution is 5.93. The lowest BCUT2D eigenvalue weighted by Gasteiger charge is -2.34. The van der Waals surface area contributed by atoms with Gasteiger partial charge in [-0.25, -0.2) is 0 Å². The first kappa shape index (κ1) is 16.6. The number of furan rings is 1. The van der Waals surface area contributed by atoms with E-state index in [-0.39, 0.29) is 11.8 Å². The molecule has 2 aliphatic rings. The summed E-state index contributed by atoms with van der Waals surface area (Å²) in [5, 5.41) is 8.32. The molecule has 4 heterocycles. The van der Waals surface area contributed by atoms with Crippen molar-refractivity contribution in [2.45, 2.75) is 12.8 Å². The number of carbonyl (C=O) groups is 2. The van der Waals surface area contributed by atoms with Crippen molar-refractivity contribution in [1.82, 2.24) is 20.0 Å². The van der Waals surface area contributed by atoms with Crippen LogP contribution in [-0.2, 0) is 0 Å². The van der Waals surface area contributed by atoms with Crippen LogP contribution < -0.4 is 4.90 Å². The Kier molecular flexibility index (Phi) is 4.55. The molecule has 2 aromatic rings. The fraction of sp³-hybridized carbons (Fsp3) is 0.444. The maximum absolute atomic E-state index is 12.6. The minimum atomic E-state index is -0.143. The SMILES string of the molecule is O=C(c1ccc(N2CCCC2)nn1)N1CCN(C(=O)c2ccco2)CC1. The van der Waals surface area contributed by atoms with E-state index < -0.39 is 0 Å². The van der Waals surface area contributed by atoms with Crippen molar-refractivity contribution < 1.29 is 14.0 Å². The third-order valence-corrected chi connectivity index (χ3v) is 4.89. The molecule has 26 heavy (non-hydrogen) atoms. The number of anilines is 1. The van der Waals surface area contributed by atoms with Gasteiger partial charge in [-0.05, 0) is 37.1 Å². The van der Waals surface area contributed by atoms with Crippen molar-refractivity contribution in [3.05, 3.63) is 42.0 Å². The van der Waals surface area contributed by atoms with E-state index in [0.717, 1.165) is 18.9 Å². The zero-order valence-electron chi connectivity index (χ0n) is 14.5. The summed E-state index contributed by atoms with van der Waals surface area (Å²) in [7, 11) is 0. The molecule has 2 amide bonds. The van der Waals surface area contributed by atoms with Crippen molar-refractivity contribution in [2.75, 3.05) is 44.2 Å². The number of piperazine rings is 1. The summed E-state index contributed by atoms with van der Waals surface area (Å²) in [6.07, 6.45) is 3.82. The molecule has 4 rings (SSSR count). The van der Waals surface area contributed by atoms with E-state index in [0.29, 0.717) is 37.6 Å². The summed E-state index contributed by atoms with van der Waals surface area (Å²) >= 11 is 0. The van der Waals surface area contributed by atoms with Gasteiger partial charge in [-0.3, -0.25) is 9.59 Å². The average molecular weight is 355 g/mol. The van der Waals surface area contributed by atoms with Crippen LogP contribution in [-0.4, -0.2) is 71.1 Å². The van der Waals surface area contributed by atoms with Crippen molar-refractivity contribution in [2.24, 2.45) is 0 Å². The normalized spacial score (nSPS) is 17.6. The Hall–Kier alpha value is -2.90. The topological polar surface area (TPSA) is 82.8 Å². The molecular weight excluding hydrogens is 334 g/mol. The number of carbonyl (C=O) groups excluding carboxylic acids is 2. The van der Waals surface area contributed by atoms with E-state index in [9.17, 15) is 9.59 Å². The fourth-order valence-corrected chi connectivity index (χ4v) is 3.38. The number of amides is 2. The lowest BCUT2D eigenvalue weighted by Crippen LogP contribution is -2.50. The van der Waals surface area contributed by atoms with Gasteiger partial charge in [0.1, 0.15) is 0 Å². The second kappa shape index (κ2) is 7.15. The molecule has 0 aromatic carbocycles. The van der Waals surface area contributed by atoms with Gasteiger partial charge in [0.05, 0.1) is 6.26 Å². The summed E-state index contributed by atoms with van der Waals surface area (Å²) in [4.78, 5) is 30.5. The van der Waals surface area contributed by atoms with Crippen molar-refractivity contribution in [3.8, 4) is 0 Å². The van der Waals surface area contributed by atoms with Crippen LogP contribution >= 0.6 is 0 Å². The van der Waals surface area contributed by atoms with Crippen LogP contribution in [0.25, 0.3) is 0 Å². The van der Waals surface area contributed by atoms with Gasteiger partial charge in [0.2, 0.25) is 0 Å². The van der Waals surface area contributed by atoms with Crippen molar-refractivity contribution in [1.29, 1.82) is 0 Å². The first-order valence-electron chi connectivity index (χ1n) is 8.93. The molecule has 0 N–H and O–H groups in total. The molecule has 0 atom stereocenters. The lowest BCUT2D eigenvalue weighted by molar-refractivity contribution is 0.0514. The van der Waals surface area contributed by atoms with E-state index in [1.165, 1.54) is 19.1 Å². The zero-order valence-corrected chi connectivity index (χ0v) is 14.5. The number of nitrogens with zero attached hydrogens (tertiary/aromatic N) is 5. The first-order chi connectivity index (χ1) is 12.7. The Morgan fingerprint density at radius 2 is 1.54 bits per heavy atom. The van der Waals surface area contributed by atoms with Gasteiger partial charge in [0.25, 0.3) is 11.8 Å². The van der Waals surface area contributed by atoms with Crippen LogP contribution in [0.3, 0.4) is 0 Å². The quantitative estimate of drug-likeness (QED) is 0.825. The minimum Gasteiger partial charge on any atom is -0.459 e. The molecular formula is C18H21N5O3. The fourth-order valence-electron chi connectivity index (χ4n) is 3.38. The summed E-state index contributed by atoms with van der Waals surface area (Å²) < 4.78 is 5.15. The molecule has 0 spiro atoms.